The summed E-state index contributed by atoms with van der Waals surface area (Å²) in [6.07, 6.45) is -1.01. The van der Waals surface area contributed by atoms with E-state index in [1.165, 1.54) is 29.0 Å². The van der Waals surface area contributed by atoms with E-state index in [4.69, 9.17) is 0 Å². The molecule has 1 unspecified atom stereocenters. The molecule has 2 aromatic rings. The number of hydrogen-bond donors (Lipinski definition) is 2. The Morgan fingerprint density at radius 2 is 1.96 bits per heavy atom. The summed E-state index contributed by atoms with van der Waals surface area (Å²) in [4.78, 5) is 18.7. The van der Waals surface area contributed by atoms with E-state index in [1.807, 2.05) is 0 Å². The number of hydrogen-bond acceptors (Lipinski definition) is 4. The number of amides is 1. The first kappa shape index (κ1) is 19.4. The summed E-state index contributed by atoms with van der Waals surface area (Å²) >= 11 is 0. The second-order valence-electron chi connectivity index (χ2n) is 6.18. The molecule has 0 saturated carbocycles. The molecule has 11 heteroatoms. The number of H-pyrrole nitrogens is 1. The second kappa shape index (κ2) is 7.31. The SMILES string of the molecule is O=C(Nc1ccc(C(F)(F)F)cc1)C1CCCN(S(=O)(=O)c2cnc[nH]2)C1. The van der Waals surface area contributed by atoms with Crippen molar-refractivity contribution in [1.82, 2.24) is 14.3 Å². The number of carbonyl (C=O) groups excluding carboxylic acids is 1. The molecule has 1 fully saturated rings. The Morgan fingerprint density at radius 1 is 1.26 bits per heavy atom. The van der Waals surface area contributed by atoms with Crippen molar-refractivity contribution in [2.24, 2.45) is 5.92 Å². The lowest BCUT2D eigenvalue weighted by atomic mass is 9.98. The molecule has 1 aliphatic heterocycles. The molecule has 0 aliphatic carbocycles. The lowest BCUT2D eigenvalue weighted by Gasteiger charge is -2.30. The lowest BCUT2D eigenvalue weighted by molar-refractivity contribution is -0.137. The first-order valence-corrected chi connectivity index (χ1v) is 9.58. The maximum Gasteiger partial charge on any atom is 0.416 e. The highest BCUT2D eigenvalue weighted by molar-refractivity contribution is 7.89. The van der Waals surface area contributed by atoms with E-state index in [-0.39, 0.29) is 23.8 Å². The van der Waals surface area contributed by atoms with Crippen LogP contribution < -0.4 is 5.32 Å². The summed E-state index contributed by atoms with van der Waals surface area (Å²) < 4.78 is 64.0. The van der Waals surface area contributed by atoms with Crippen molar-refractivity contribution >= 4 is 21.6 Å². The van der Waals surface area contributed by atoms with E-state index >= 15 is 0 Å². The predicted octanol–water partition coefficient (Wildman–Crippen LogP) is 2.47. The topological polar surface area (TPSA) is 95.2 Å². The number of alkyl halides is 3. The molecular formula is C16H17F3N4O3S. The average molecular weight is 402 g/mol. The second-order valence-corrected chi connectivity index (χ2v) is 8.09. The Bertz CT molecular complexity index is 896. The van der Waals surface area contributed by atoms with Crippen molar-refractivity contribution in [1.29, 1.82) is 0 Å². The summed E-state index contributed by atoms with van der Waals surface area (Å²) in [5.41, 5.74) is -0.587. The highest BCUT2D eigenvalue weighted by Crippen LogP contribution is 2.30. The van der Waals surface area contributed by atoms with Gasteiger partial charge in [0, 0.05) is 18.8 Å². The maximum atomic E-state index is 12.6. The molecule has 3 rings (SSSR count). The fraction of sp³-hybridized carbons (Fsp3) is 0.375. The number of imidazole rings is 1. The molecule has 1 atom stereocenters. The van der Waals surface area contributed by atoms with E-state index in [0.29, 0.717) is 12.8 Å². The molecular weight excluding hydrogens is 385 g/mol. The number of benzene rings is 1. The third kappa shape index (κ3) is 4.30. The van der Waals surface area contributed by atoms with Crippen LogP contribution in [0.25, 0.3) is 0 Å². The van der Waals surface area contributed by atoms with Gasteiger partial charge in [-0.1, -0.05) is 0 Å². The number of rotatable bonds is 4. The standard InChI is InChI=1S/C16H17F3N4O3S/c17-16(18,19)12-3-5-13(6-4-12)22-15(24)11-2-1-7-23(9-11)27(25,26)14-8-20-10-21-14/h3-6,8,10-11H,1-2,7,9H2,(H,20,21)(H,22,24). The van der Waals surface area contributed by atoms with Gasteiger partial charge in [-0.15, -0.1) is 0 Å². The van der Waals surface area contributed by atoms with Gasteiger partial charge in [-0.25, -0.2) is 13.4 Å². The summed E-state index contributed by atoms with van der Waals surface area (Å²) in [5.74, 6) is -1.03. The van der Waals surface area contributed by atoms with Crippen LogP contribution in [-0.2, 0) is 21.0 Å². The lowest BCUT2D eigenvalue weighted by Crippen LogP contribution is -2.43. The monoisotopic (exact) mass is 402 g/mol. The zero-order valence-electron chi connectivity index (χ0n) is 14.0. The molecule has 0 bridgehead atoms. The van der Waals surface area contributed by atoms with Crippen molar-refractivity contribution in [2.45, 2.75) is 24.0 Å². The zero-order chi connectivity index (χ0) is 19.7. The van der Waals surface area contributed by atoms with Crippen LogP contribution in [0.15, 0.2) is 41.8 Å². The minimum Gasteiger partial charge on any atom is -0.335 e. The van der Waals surface area contributed by atoms with Crippen LogP contribution in [-0.4, -0.2) is 41.7 Å². The molecule has 1 saturated heterocycles. The van der Waals surface area contributed by atoms with Gasteiger partial charge >= 0.3 is 6.18 Å². The van der Waals surface area contributed by atoms with Gasteiger partial charge in [0.05, 0.1) is 24.0 Å². The van der Waals surface area contributed by atoms with Crippen molar-refractivity contribution in [3.8, 4) is 0 Å². The predicted molar refractivity (Wildman–Crippen MR) is 90.1 cm³/mol. The first-order chi connectivity index (χ1) is 12.7. The Kier molecular flexibility index (Phi) is 5.24. The Balaban J connectivity index is 1.67. The van der Waals surface area contributed by atoms with Crippen LogP contribution in [0.3, 0.4) is 0 Å². The van der Waals surface area contributed by atoms with Crippen LogP contribution in [0.2, 0.25) is 0 Å². The van der Waals surface area contributed by atoms with Gasteiger partial charge in [-0.3, -0.25) is 4.79 Å². The smallest absolute Gasteiger partial charge is 0.335 e. The number of carbonyl (C=O) groups is 1. The summed E-state index contributed by atoms with van der Waals surface area (Å²) in [6.45, 7) is 0.277. The van der Waals surface area contributed by atoms with Gasteiger partial charge in [0.2, 0.25) is 5.91 Å². The van der Waals surface area contributed by atoms with Crippen LogP contribution in [0.1, 0.15) is 18.4 Å². The van der Waals surface area contributed by atoms with Crippen molar-refractivity contribution in [3.05, 3.63) is 42.4 Å². The fourth-order valence-electron chi connectivity index (χ4n) is 2.88. The van der Waals surface area contributed by atoms with Crippen molar-refractivity contribution in [2.75, 3.05) is 18.4 Å². The van der Waals surface area contributed by atoms with Gasteiger partial charge in [0.15, 0.2) is 5.03 Å². The summed E-state index contributed by atoms with van der Waals surface area (Å²) in [6, 6.07) is 4.10. The highest BCUT2D eigenvalue weighted by Gasteiger charge is 2.34. The van der Waals surface area contributed by atoms with E-state index in [2.05, 4.69) is 15.3 Å². The van der Waals surface area contributed by atoms with Gasteiger partial charge in [-0.2, -0.15) is 17.5 Å². The first-order valence-electron chi connectivity index (χ1n) is 8.14. The summed E-state index contributed by atoms with van der Waals surface area (Å²) in [5, 5.41) is 2.50. The van der Waals surface area contributed by atoms with Crippen molar-refractivity contribution in [3.63, 3.8) is 0 Å². The number of aromatic nitrogens is 2. The fourth-order valence-corrected chi connectivity index (χ4v) is 4.30. The Morgan fingerprint density at radius 3 is 2.56 bits per heavy atom. The van der Waals surface area contributed by atoms with E-state index in [9.17, 15) is 26.4 Å². The molecule has 1 aromatic carbocycles. The van der Waals surface area contributed by atoms with Gasteiger partial charge in [0.1, 0.15) is 0 Å². The van der Waals surface area contributed by atoms with Gasteiger partial charge in [0.25, 0.3) is 10.0 Å². The third-order valence-electron chi connectivity index (χ3n) is 4.33. The largest absolute Gasteiger partial charge is 0.416 e. The zero-order valence-corrected chi connectivity index (χ0v) is 14.8. The van der Waals surface area contributed by atoms with E-state index in [0.717, 1.165) is 12.1 Å². The highest BCUT2D eigenvalue weighted by atomic mass is 32.2. The molecule has 0 radical (unpaired) electrons. The molecule has 0 spiro atoms. The number of sulfonamides is 1. The number of piperidine rings is 1. The number of anilines is 1. The van der Waals surface area contributed by atoms with Crippen LogP contribution in [0.5, 0.6) is 0 Å². The molecule has 27 heavy (non-hydrogen) atoms. The maximum absolute atomic E-state index is 12.6. The van der Waals surface area contributed by atoms with E-state index < -0.39 is 33.6 Å². The average Bonchev–Trinajstić information content (AvgIpc) is 3.17. The molecule has 146 valence electrons. The normalized spacial score (nSPS) is 19.0. The Hall–Kier alpha value is -2.40. The molecule has 1 aromatic heterocycles. The quantitative estimate of drug-likeness (QED) is 0.821. The minimum atomic E-state index is -4.45. The number of halogens is 3. The summed E-state index contributed by atoms with van der Waals surface area (Å²) in [7, 11) is -3.77. The minimum absolute atomic E-state index is 0.00613. The molecule has 1 amide bonds. The molecule has 1 aliphatic rings. The van der Waals surface area contributed by atoms with Crippen molar-refractivity contribution < 1.29 is 26.4 Å². The Labute approximate surface area is 153 Å². The van der Waals surface area contributed by atoms with Crippen LogP contribution in [0.4, 0.5) is 18.9 Å². The molecule has 2 N–H and O–H groups in total. The van der Waals surface area contributed by atoms with Gasteiger partial charge in [-0.05, 0) is 37.1 Å². The molecule has 7 nitrogen and oxygen atoms in total. The molecule has 2 heterocycles. The van der Waals surface area contributed by atoms with Crippen LogP contribution >= 0.6 is 0 Å². The van der Waals surface area contributed by atoms with Crippen LogP contribution in [0, 0.1) is 5.92 Å². The number of aromatic amines is 1. The van der Waals surface area contributed by atoms with E-state index in [1.54, 1.807) is 0 Å². The number of nitrogens with zero attached hydrogens (tertiary/aromatic N) is 2. The van der Waals surface area contributed by atoms with Gasteiger partial charge < -0.3 is 10.3 Å². The number of nitrogens with one attached hydrogen (secondary N) is 2. The third-order valence-corrected chi connectivity index (χ3v) is 6.12.